The third-order valence-electron chi connectivity index (χ3n) is 4.43. The van der Waals surface area contributed by atoms with E-state index in [1.807, 2.05) is 0 Å². The lowest BCUT2D eigenvalue weighted by Gasteiger charge is -2.11. The van der Waals surface area contributed by atoms with Crippen LogP contribution in [0, 0.1) is 29.1 Å². The zero-order chi connectivity index (χ0) is 15.2. The number of halogens is 3. The van der Waals surface area contributed by atoms with Crippen molar-refractivity contribution in [2.75, 3.05) is 5.32 Å². The van der Waals surface area contributed by atoms with Crippen molar-refractivity contribution in [2.24, 2.45) is 17.8 Å². The summed E-state index contributed by atoms with van der Waals surface area (Å²) in [5.41, 5.74) is -0.898. The number of hydrogen-bond acceptors (Lipinski definition) is 2. The Balaban J connectivity index is 1.77. The Morgan fingerprint density at radius 1 is 1.29 bits per heavy atom. The van der Waals surface area contributed by atoms with Crippen LogP contribution in [-0.4, -0.2) is 5.91 Å². The lowest BCUT2D eigenvalue weighted by Crippen LogP contribution is -2.17. The lowest BCUT2D eigenvalue weighted by molar-refractivity contribution is -0.137. The smallest absolute Gasteiger partial charge is 0.325 e. The molecule has 3 nitrogen and oxygen atoms in total. The van der Waals surface area contributed by atoms with E-state index >= 15 is 0 Å². The number of rotatable bonds is 2. The Morgan fingerprint density at radius 2 is 1.95 bits per heavy atom. The zero-order valence-electron chi connectivity index (χ0n) is 11.1. The molecule has 6 heteroatoms. The number of benzene rings is 1. The Kier molecular flexibility index (Phi) is 3.16. The SMILES string of the molecule is N#Cc1cc(C(F)(F)F)ccc1NC(=O)C1C2CCCC21. The maximum absolute atomic E-state index is 12.6. The van der Waals surface area contributed by atoms with E-state index in [9.17, 15) is 18.0 Å². The minimum atomic E-state index is -4.50. The summed E-state index contributed by atoms with van der Waals surface area (Å²) in [6, 6.07) is 4.51. The van der Waals surface area contributed by atoms with Crippen LogP contribution in [0.4, 0.5) is 18.9 Å². The summed E-state index contributed by atoms with van der Waals surface area (Å²) in [4.78, 5) is 12.1. The van der Waals surface area contributed by atoms with Crippen molar-refractivity contribution < 1.29 is 18.0 Å². The number of nitrogens with one attached hydrogen (secondary N) is 1. The number of hydrogen-bond donors (Lipinski definition) is 1. The van der Waals surface area contributed by atoms with E-state index in [4.69, 9.17) is 5.26 Å². The molecule has 1 aromatic rings. The van der Waals surface area contributed by atoms with Crippen molar-refractivity contribution >= 4 is 11.6 Å². The predicted molar refractivity (Wildman–Crippen MR) is 69.1 cm³/mol. The van der Waals surface area contributed by atoms with Crippen LogP contribution in [0.15, 0.2) is 18.2 Å². The third kappa shape index (κ3) is 2.48. The van der Waals surface area contributed by atoms with Gasteiger partial charge in [0.2, 0.25) is 5.91 Å². The first-order chi connectivity index (χ1) is 9.91. The van der Waals surface area contributed by atoms with Crippen molar-refractivity contribution in [1.82, 2.24) is 0 Å². The van der Waals surface area contributed by atoms with Crippen LogP contribution in [0.2, 0.25) is 0 Å². The molecule has 1 N–H and O–H groups in total. The van der Waals surface area contributed by atoms with Gasteiger partial charge >= 0.3 is 6.18 Å². The summed E-state index contributed by atoms with van der Waals surface area (Å²) in [7, 11) is 0. The van der Waals surface area contributed by atoms with E-state index in [-0.39, 0.29) is 23.1 Å². The van der Waals surface area contributed by atoms with Gasteiger partial charge in [0.25, 0.3) is 0 Å². The maximum atomic E-state index is 12.6. The standard InChI is InChI=1S/C15H13F3N2O/c16-15(17,18)9-4-5-12(8(6-9)7-19)20-14(21)13-10-2-1-3-11(10)13/h4-6,10-11,13H,1-3H2,(H,20,21). The maximum Gasteiger partial charge on any atom is 0.416 e. The first kappa shape index (κ1) is 13.9. The highest BCUT2D eigenvalue weighted by Crippen LogP contribution is 2.57. The summed E-state index contributed by atoms with van der Waals surface area (Å²) in [6.45, 7) is 0. The molecule has 3 rings (SSSR count). The number of fused-ring (bicyclic) bond motifs is 1. The Bertz CT molecular complexity index is 623. The largest absolute Gasteiger partial charge is 0.416 e. The fourth-order valence-electron chi connectivity index (χ4n) is 3.35. The summed E-state index contributed by atoms with van der Waals surface area (Å²) in [6.07, 6.45) is -1.27. The average molecular weight is 294 g/mol. The molecule has 0 aliphatic heterocycles. The van der Waals surface area contributed by atoms with Gasteiger partial charge in [-0.25, -0.2) is 0 Å². The second kappa shape index (κ2) is 4.76. The highest BCUT2D eigenvalue weighted by atomic mass is 19.4. The summed E-state index contributed by atoms with van der Waals surface area (Å²) >= 11 is 0. The van der Waals surface area contributed by atoms with Crippen LogP contribution in [0.5, 0.6) is 0 Å². The molecule has 0 radical (unpaired) electrons. The van der Waals surface area contributed by atoms with Crippen molar-refractivity contribution in [3.05, 3.63) is 29.3 Å². The molecule has 110 valence electrons. The Labute approximate surface area is 119 Å². The molecule has 2 aliphatic carbocycles. The topological polar surface area (TPSA) is 52.9 Å². The third-order valence-corrected chi connectivity index (χ3v) is 4.43. The number of carbonyl (C=O) groups is 1. The van der Waals surface area contributed by atoms with Gasteiger partial charge in [-0.05, 0) is 42.9 Å². The molecule has 2 aliphatic rings. The van der Waals surface area contributed by atoms with Crippen LogP contribution in [0.1, 0.15) is 30.4 Å². The second-order valence-electron chi connectivity index (χ2n) is 5.64. The van der Waals surface area contributed by atoms with Crippen LogP contribution in [0.25, 0.3) is 0 Å². The first-order valence-corrected chi connectivity index (χ1v) is 6.84. The van der Waals surface area contributed by atoms with Crippen molar-refractivity contribution in [3.8, 4) is 6.07 Å². The highest BCUT2D eigenvalue weighted by Gasteiger charge is 2.56. The van der Waals surface area contributed by atoms with Gasteiger partial charge in [-0.3, -0.25) is 4.79 Å². The minimum Gasteiger partial charge on any atom is -0.325 e. The van der Waals surface area contributed by atoms with Gasteiger partial charge in [0.1, 0.15) is 6.07 Å². The molecule has 0 bridgehead atoms. The van der Waals surface area contributed by atoms with E-state index in [0.29, 0.717) is 11.8 Å². The van der Waals surface area contributed by atoms with Crippen molar-refractivity contribution in [3.63, 3.8) is 0 Å². The Morgan fingerprint density at radius 3 is 2.52 bits per heavy atom. The molecule has 2 fully saturated rings. The van der Waals surface area contributed by atoms with Crippen molar-refractivity contribution in [1.29, 1.82) is 5.26 Å². The molecule has 0 aromatic heterocycles. The molecule has 0 heterocycles. The molecule has 0 saturated heterocycles. The van der Waals surface area contributed by atoms with Gasteiger partial charge in [0.15, 0.2) is 0 Å². The Hall–Kier alpha value is -2.03. The van der Waals surface area contributed by atoms with E-state index in [1.165, 1.54) is 0 Å². The lowest BCUT2D eigenvalue weighted by atomic mass is 10.1. The van der Waals surface area contributed by atoms with Crippen LogP contribution < -0.4 is 5.32 Å². The normalized spacial score (nSPS) is 26.9. The molecular formula is C15H13F3N2O. The second-order valence-corrected chi connectivity index (χ2v) is 5.64. The number of amides is 1. The van der Waals surface area contributed by atoms with E-state index in [0.717, 1.165) is 37.5 Å². The number of carbonyl (C=O) groups excluding carboxylic acids is 1. The fourth-order valence-corrected chi connectivity index (χ4v) is 3.35. The van der Waals surface area contributed by atoms with Crippen LogP contribution in [0.3, 0.4) is 0 Å². The monoisotopic (exact) mass is 294 g/mol. The summed E-state index contributed by atoms with van der Waals surface area (Å²) in [5, 5.41) is 11.6. The summed E-state index contributed by atoms with van der Waals surface area (Å²) in [5.74, 6) is 0.628. The molecule has 2 saturated carbocycles. The number of alkyl halides is 3. The summed E-state index contributed by atoms with van der Waals surface area (Å²) < 4.78 is 37.8. The van der Waals surface area contributed by atoms with Gasteiger partial charge in [0.05, 0.1) is 16.8 Å². The fraction of sp³-hybridized carbons (Fsp3) is 0.467. The average Bonchev–Trinajstić information content (AvgIpc) is 2.92. The molecule has 21 heavy (non-hydrogen) atoms. The van der Waals surface area contributed by atoms with Crippen LogP contribution >= 0.6 is 0 Å². The van der Waals surface area contributed by atoms with Crippen LogP contribution in [-0.2, 0) is 11.0 Å². The van der Waals surface area contributed by atoms with Crippen molar-refractivity contribution in [2.45, 2.75) is 25.4 Å². The van der Waals surface area contributed by atoms with E-state index < -0.39 is 11.7 Å². The first-order valence-electron chi connectivity index (χ1n) is 6.84. The van der Waals surface area contributed by atoms with Gasteiger partial charge in [-0.1, -0.05) is 6.42 Å². The molecule has 0 spiro atoms. The molecule has 1 amide bonds. The number of nitriles is 1. The molecule has 2 unspecified atom stereocenters. The zero-order valence-corrected chi connectivity index (χ0v) is 11.1. The number of anilines is 1. The highest BCUT2D eigenvalue weighted by molar-refractivity contribution is 5.96. The quantitative estimate of drug-likeness (QED) is 0.906. The molecule has 1 aromatic carbocycles. The van der Waals surface area contributed by atoms with Gasteiger partial charge in [0, 0.05) is 5.92 Å². The number of nitrogens with zero attached hydrogens (tertiary/aromatic N) is 1. The predicted octanol–water partition coefficient (Wildman–Crippen LogP) is 3.56. The minimum absolute atomic E-state index is 0.0346. The van der Waals surface area contributed by atoms with E-state index in [2.05, 4.69) is 5.32 Å². The van der Waals surface area contributed by atoms with Gasteiger partial charge < -0.3 is 5.32 Å². The molecular weight excluding hydrogens is 281 g/mol. The van der Waals surface area contributed by atoms with Gasteiger partial charge in [-0.2, -0.15) is 18.4 Å². The molecule has 2 atom stereocenters. The van der Waals surface area contributed by atoms with E-state index in [1.54, 1.807) is 6.07 Å². The van der Waals surface area contributed by atoms with Gasteiger partial charge in [-0.15, -0.1) is 0 Å².